The monoisotopic (exact) mass is 417 g/mol. The Morgan fingerprint density at radius 3 is 2.82 bits per heavy atom. The highest BCUT2D eigenvalue weighted by atomic mass is 35.5. The van der Waals surface area contributed by atoms with E-state index in [1.165, 1.54) is 16.7 Å². The van der Waals surface area contributed by atoms with Crippen molar-refractivity contribution in [3.05, 3.63) is 53.1 Å². The quantitative estimate of drug-likeness (QED) is 0.789. The molecule has 0 saturated carbocycles. The highest BCUT2D eigenvalue weighted by Crippen LogP contribution is 2.31. The van der Waals surface area contributed by atoms with Gasteiger partial charge in [0.2, 0.25) is 11.8 Å². The second-order valence-corrected chi connectivity index (χ2v) is 7.89. The van der Waals surface area contributed by atoms with Crippen LogP contribution in [0.2, 0.25) is 5.02 Å². The van der Waals surface area contributed by atoms with Crippen molar-refractivity contribution < 1.29 is 14.3 Å². The first-order valence-corrected chi connectivity index (χ1v) is 9.86. The number of carbonyl (C=O) groups excluding carboxylic acids is 2. The number of carbonyl (C=O) groups is 2. The number of amidine groups is 1. The summed E-state index contributed by atoms with van der Waals surface area (Å²) in [5.41, 5.74) is 2.22. The van der Waals surface area contributed by atoms with E-state index in [9.17, 15) is 9.59 Å². The third-order valence-corrected chi connectivity index (χ3v) is 5.88. The van der Waals surface area contributed by atoms with Crippen LogP contribution < -0.4 is 10.1 Å². The van der Waals surface area contributed by atoms with Gasteiger partial charge in [-0.3, -0.25) is 14.5 Å². The summed E-state index contributed by atoms with van der Waals surface area (Å²) in [4.78, 5) is 30.9. The number of methoxy groups -OCH3 is 1. The van der Waals surface area contributed by atoms with E-state index in [0.29, 0.717) is 27.3 Å². The molecule has 1 atom stereocenters. The van der Waals surface area contributed by atoms with Crippen LogP contribution in [-0.4, -0.2) is 41.3 Å². The van der Waals surface area contributed by atoms with Gasteiger partial charge >= 0.3 is 0 Å². The van der Waals surface area contributed by atoms with Crippen molar-refractivity contribution in [2.75, 3.05) is 19.5 Å². The lowest BCUT2D eigenvalue weighted by Crippen LogP contribution is -2.30. The predicted molar refractivity (Wildman–Crippen MR) is 114 cm³/mol. The van der Waals surface area contributed by atoms with Crippen LogP contribution in [0.1, 0.15) is 12.0 Å². The first-order valence-electron chi connectivity index (χ1n) is 8.60. The van der Waals surface area contributed by atoms with E-state index in [4.69, 9.17) is 16.3 Å². The number of nitrogens with zero attached hydrogens (tertiary/aromatic N) is 2. The van der Waals surface area contributed by atoms with Crippen LogP contribution in [0.15, 0.2) is 47.5 Å². The Balaban J connectivity index is 1.68. The number of aliphatic imine (C=N–C) groups is 1. The largest absolute Gasteiger partial charge is 0.497 e. The summed E-state index contributed by atoms with van der Waals surface area (Å²) in [5, 5.41) is 3.40. The first kappa shape index (κ1) is 20.2. The molecule has 1 unspecified atom stereocenters. The van der Waals surface area contributed by atoms with E-state index in [1.807, 2.05) is 31.2 Å². The molecule has 0 bridgehead atoms. The molecule has 3 rings (SSSR count). The average Bonchev–Trinajstić information content (AvgIpc) is 2.92. The molecule has 146 valence electrons. The van der Waals surface area contributed by atoms with E-state index >= 15 is 0 Å². The first-order chi connectivity index (χ1) is 13.4. The minimum Gasteiger partial charge on any atom is -0.497 e. The maximum atomic E-state index is 12.5. The molecule has 1 heterocycles. The molecule has 6 nitrogen and oxygen atoms in total. The summed E-state index contributed by atoms with van der Waals surface area (Å²) in [6.07, 6.45) is 0.0520. The molecular formula is C20H20ClN3O3S. The Bertz CT molecular complexity index is 948. The molecule has 1 N–H and O–H groups in total. The Morgan fingerprint density at radius 1 is 1.32 bits per heavy atom. The number of ether oxygens (including phenoxy) is 1. The molecule has 0 aromatic heterocycles. The fraction of sp³-hybridized carbons (Fsp3) is 0.250. The van der Waals surface area contributed by atoms with E-state index in [1.54, 1.807) is 32.4 Å². The number of benzene rings is 2. The van der Waals surface area contributed by atoms with Crippen molar-refractivity contribution in [3.63, 3.8) is 0 Å². The lowest BCUT2D eigenvalue weighted by molar-refractivity contribution is -0.127. The predicted octanol–water partition coefficient (Wildman–Crippen LogP) is 4.25. The molecule has 2 aromatic rings. The number of halogens is 1. The molecule has 2 amide bonds. The topological polar surface area (TPSA) is 71.0 Å². The van der Waals surface area contributed by atoms with Gasteiger partial charge < -0.3 is 10.1 Å². The van der Waals surface area contributed by atoms with Crippen molar-refractivity contribution >= 4 is 51.7 Å². The van der Waals surface area contributed by atoms with Crippen LogP contribution in [0, 0.1) is 6.92 Å². The molecule has 1 aliphatic heterocycles. The van der Waals surface area contributed by atoms with Crippen LogP contribution in [0.3, 0.4) is 0 Å². The van der Waals surface area contributed by atoms with Gasteiger partial charge in [-0.2, -0.15) is 0 Å². The lowest BCUT2D eigenvalue weighted by atomic mass is 10.2. The molecule has 0 spiro atoms. The highest BCUT2D eigenvalue weighted by molar-refractivity contribution is 8.15. The van der Waals surface area contributed by atoms with E-state index < -0.39 is 5.25 Å². The summed E-state index contributed by atoms with van der Waals surface area (Å²) in [7, 11) is 3.24. The zero-order chi connectivity index (χ0) is 20.3. The number of hydrogen-bond donors (Lipinski definition) is 1. The van der Waals surface area contributed by atoms with Crippen molar-refractivity contribution in [1.29, 1.82) is 0 Å². The summed E-state index contributed by atoms with van der Waals surface area (Å²) in [5.74, 6) is 0.289. The maximum Gasteiger partial charge on any atom is 0.242 e. The number of nitrogens with one attached hydrogen (secondary N) is 1. The molecule has 1 fully saturated rings. The summed E-state index contributed by atoms with van der Waals surface area (Å²) in [6.45, 7) is 1.89. The number of aryl methyl sites for hydroxylation is 1. The molecule has 0 radical (unpaired) electrons. The Morgan fingerprint density at radius 2 is 2.11 bits per heavy atom. The number of thioether (sulfide) groups is 1. The van der Waals surface area contributed by atoms with Gasteiger partial charge in [0.1, 0.15) is 11.0 Å². The van der Waals surface area contributed by atoms with Crippen LogP contribution in [0.5, 0.6) is 5.75 Å². The Labute approximate surface area is 172 Å². The molecule has 1 aliphatic rings. The molecular weight excluding hydrogens is 398 g/mol. The van der Waals surface area contributed by atoms with Crippen LogP contribution in [0.4, 0.5) is 11.4 Å². The standard InChI is InChI=1S/C20H20ClN3O3S/c1-12-7-8-14(10-16(12)21)22-18(25)11-17-19(26)24(2)20(28-17)23-13-5-4-6-15(9-13)27-3/h4-10,17H,11H2,1-3H3,(H,22,25). The van der Waals surface area contributed by atoms with Crippen molar-refractivity contribution in [2.45, 2.75) is 18.6 Å². The summed E-state index contributed by atoms with van der Waals surface area (Å²) >= 11 is 7.37. The van der Waals surface area contributed by atoms with Gasteiger partial charge in [0, 0.05) is 30.2 Å². The fourth-order valence-electron chi connectivity index (χ4n) is 2.64. The van der Waals surface area contributed by atoms with Gasteiger partial charge in [0.15, 0.2) is 5.17 Å². The second-order valence-electron chi connectivity index (χ2n) is 6.32. The SMILES string of the molecule is COc1cccc(N=C2SC(CC(=O)Nc3ccc(C)c(Cl)c3)C(=O)N2C)c1. The number of rotatable bonds is 5. The van der Waals surface area contributed by atoms with E-state index in [0.717, 1.165) is 5.56 Å². The van der Waals surface area contributed by atoms with Gasteiger partial charge in [-0.1, -0.05) is 35.5 Å². The third kappa shape index (κ3) is 4.66. The van der Waals surface area contributed by atoms with Gasteiger partial charge in [-0.25, -0.2) is 4.99 Å². The van der Waals surface area contributed by atoms with Crippen molar-refractivity contribution in [2.24, 2.45) is 4.99 Å². The van der Waals surface area contributed by atoms with Crippen molar-refractivity contribution in [1.82, 2.24) is 4.90 Å². The van der Waals surface area contributed by atoms with E-state index in [2.05, 4.69) is 10.3 Å². The zero-order valence-electron chi connectivity index (χ0n) is 15.7. The summed E-state index contributed by atoms with van der Waals surface area (Å²) in [6, 6.07) is 12.6. The highest BCUT2D eigenvalue weighted by Gasteiger charge is 2.37. The number of hydrogen-bond acceptors (Lipinski definition) is 5. The minimum atomic E-state index is -0.518. The number of amides is 2. The average molecular weight is 418 g/mol. The zero-order valence-corrected chi connectivity index (χ0v) is 17.3. The second kappa shape index (κ2) is 8.67. The molecule has 28 heavy (non-hydrogen) atoms. The Hall–Kier alpha value is -2.51. The van der Waals surface area contributed by atoms with Crippen molar-refractivity contribution in [3.8, 4) is 5.75 Å². The maximum absolute atomic E-state index is 12.5. The number of anilines is 1. The fourth-order valence-corrected chi connectivity index (χ4v) is 3.97. The molecule has 8 heteroatoms. The normalized spacial score (nSPS) is 17.9. The van der Waals surface area contributed by atoms with Gasteiger partial charge in [0.05, 0.1) is 12.8 Å². The van der Waals surface area contributed by atoms with E-state index in [-0.39, 0.29) is 18.2 Å². The Kier molecular flexibility index (Phi) is 6.26. The van der Waals surface area contributed by atoms with Crippen LogP contribution in [-0.2, 0) is 9.59 Å². The third-order valence-electron chi connectivity index (χ3n) is 4.25. The van der Waals surface area contributed by atoms with Gasteiger partial charge in [-0.05, 0) is 36.8 Å². The van der Waals surface area contributed by atoms with Gasteiger partial charge in [0.25, 0.3) is 0 Å². The van der Waals surface area contributed by atoms with Crippen LogP contribution >= 0.6 is 23.4 Å². The minimum absolute atomic E-state index is 0.0520. The smallest absolute Gasteiger partial charge is 0.242 e. The van der Waals surface area contributed by atoms with Crippen LogP contribution in [0.25, 0.3) is 0 Å². The summed E-state index contributed by atoms with van der Waals surface area (Å²) < 4.78 is 5.19. The molecule has 2 aromatic carbocycles. The van der Waals surface area contributed by atoms with Gasteiger partial charge in [-0.15, -0.1) is 0 Å². The molecule has 0 aliphatic carbocycles. The lowest BCUT2D eigenvalue weighted by Gasteiger charge is -2.10. The molecule has 1 saturated heterocycles.